The molecular weight excluding hydrogens is 140 g/mol. The molecule has 0 saturated heterocycles. The zero-order chi connectivity index (χ0) is 8.10. The number of hydrogen-bond acceptors (Lipinski definition) is 2. The predicted octanol–water partition coefficient (Wildman–Crippen LogP) is 1.48. The van der Waals surface area contributed by atoms with Gasteiger partial charge in [0.15, 0.2) is 0 Å². The summed E-state index contributed by atoms with van der Waals surface area (Å²) in [6.45, 7) is 0. The molecule has 1 unspecified atom stereocenters. The maximum Gasteiger partial charge on any atom is 0.149 e. The number of rotatable bonds is 2. The zero-order valence-corrected chi connectivity index (χ0v) is 6.62. The number of allylic oxidation sites excluding steroid dienone is 2. The van der Waals surface area contributed by atoms with Crippen molar-refractivity contribution in [3.8, 4) is 0 Å². The molecule has 0 aromatic heterocycles. The first-order chi connectivity index (χ1) is 5.36. The average Bonchev–Trinajstić information content (AvgIpc) is 2.28. The smallest absolute Gasteiger partial charge is 0.149 e. The Morgan fingerprint density at radius 1 is 1.64 bits per heavy atom. The molecule has 11 heavy (non-hydrogen) atoms. The van der Waals surface area contributed by atoms with Crippen molar-refractivity contribution in [3.63, 3.8) is 0 Å². The average molecular weight is 152 g/mol. The molecule has 0 fully saturated rings. The van der Waals surface area contributed by atoms with Crippen LogP contribution in [-0.2, 0) is 9.53 Å². The lowest BCUT2D eigenvalue weighted by Crippen LogP contribution is -2.06. The van der Waals surface area contributed by atoms with Crippen molar-refractivity contribution < 1.29 is 9.53 Å². The minimum atomic E-state index is 0.240. The molecule has 0 amide bonds. The van der Waals surface area contributed by atoms with Crippen LogP contribution in [0.5, 0.6) is 0 Å². The van der Waals surface area contributed by atoms with Gasteiger partial charge in [0.2, 0.25) is 0 Å². The molecule has 0 aliphatic heterocycles. The van der Waals surface area contributed by atoms with Gasteiger partial charge in [0.05, 0.1) is 6.10 Å². The second-order valence-corrected chi connectivity index (χ2v) is 2.55. The first kappa shape index (κ1) is 8.21. The minimum Gasteiger partial charge on any atom is -0.381 e. The highest BCUT2D eigenvalue weighted by atomic mass is 16.5. The molecule has 60 valence electrons. The summed E-state index contributed by atoms with van der Waals surface area (Å²) in [6.07, 6.45) is 8.55. The second-order valence-electron chi connectivity index (χ2n) is 2.55. The summed E-state index contributed by atoms with van der Waals surface area (Å²) in [6, 6.07) is 0. The van der Waals surface area contributed by atoms with Crippen molar-refractivity contribution in [2.45, 2.75) is 18.9 Å². The number of carbonyl (C=O) groups is 1. The van der Waals surface area contributed by atoms with Crippen molar-refractivity contribution in [3.05, 3.63) is 23.8 Å². The van der Waals surface area contributed by atoms with Crippen LogP contribution in [0.4, 0.5) is 0 Å². The summed E-state index contributed by atoms with van der Waals surface area (Å²) in [5.41, 5.74) is 0.754. The van der Waals surface area contributed by atoms with Gasteiger partial charge < -0.3 is 4.74 Å². The van der Waals surface area contributed by atoms with E-state index in [1.165, 1.54) is 0 Å². The highest BCUT2D eigenvalue weighted by molar-refractivity contribution is 5.77. The molecule has 1 atom stereocenters. The van der Waals surface area contributed by atoms with Crippen LogP contribution < -0.4 is 0 Å². The summed E-state index contributed by atoms with van der Waals surface area (Å²) in [4.78, 5) is 10.3. The number of hydrogen-bond donors (Lipinski definition) is 0. The van der Waals surface area contributed by atoms with Gasteiger partial charge in [-0.3, -0.25) is 4.79 Å². The molecule has 2 heteroatoms. The van der Waals surface area contributed by atoms with Crippen molar-refractivity contribution in [2.24, 2.45) is 0 Å². The molecule has 2 nitrogen and oxygen atoms in total. The standard InChI is InChI=1S/C9H12O2/c1-11-9-4-2-3-8(7-10)5-6-9/h2-3,5,7,9H,4,6H2,1H3. The third-order valence-corrected chi connectivity index (χ3v) is 1.80. The van der Waals surface area contributed by atoms with E-state index in [0.717, 1.165) is 24.7 Å². The molecule has 0 N–H and O–H groups in total. The Labute approximate surface area is 66.5 Å². The molecule has 0 aromatic carbocycles. The van der Waals surface area contributed by atoms with Gasteiger partial charge in [-0.15, -0.1) is 0 Å². The fourth-order valence-electron chi connectivity index (χ4n) is 1.07. The Kier molecular flexibility index (Phi) is 3.05. The Bertz CT molecular complexity index is 192. The van der Waals surface area contributed by atoms with Crippen LogP contribution in [0.2, 0.25) is 0 Å². The highest BCUT2D eigenvalue weighted by Crippen LogP contribution is 2.11. The SMILES string of the molecule is COC1CC=CC(C=O)=CC1. The largest absolute Gasteiger partial charge is 0.381 e. The van der Waals surface area contributed by atoms with Crippen molar-refractivity contribution in [1.82, 2.24) is 0 Å². The quantitative estimate of drug-likeness (QED) is 0.560. The minimum absolute atomic E-state index is 0.240. The summed E-state index contributed by atoms with van der Waals surface area (Å²) in [5, 5.41) is 0. The molecule has 0 heterocycles. The van der Waals surface area contributed by atoms with Gasteiger partial charge in [-0.05, 0) is 12.8 Å². The number of methoxy groups -OCH3 is 1. The monoisotopic (exact) mass is 152 g/mol. The van der Waals surface area contributed by atoms with E-state index in [4.69, 9.17) is 4.74 Å². The van der Waals surface area contributed by atoms with E-state index >= 15 is 0 Å². The van der Waals surface area contributed by atoms with Crippen LogP contribution in [0.3, 0.4) is 0 Å². The highest BCUT2D eigenvalue weighted by Gasteiger charge is 2.05. The second kappa shape index (κ2) is 4.09. The van der Waals surface area contributed by atoms with Gasteiger partial charge in [-0.1, -0.05) is 18.2 Å². The van der Waals surface area contributed by atoms with Crippen LogP contribution in [-0.4, -0.2) is 19.5 Å². The summed E-state index contributed by atoms with van der Waals surface area (Å²) < 4.78 is 5.15. The van der Waals surface area contributed by atoms with E-state index in [1.54, 1.807) is 7.11 Å². The third-order valence-electron chi connectivity index (χ3n) is 1.80. The summed E-state index contributed by atoms with van der Waals surface area (Å²) in [7, 11) is 1.69. The lowest BCUT2D eigenvalue weighted by Gasteiger charge is -2.07. The maximum atomic E-state index is 10.3. The summed E-state index contributed by atoms with van der Waals surface area (Å²) in [5.74, 6) is 0. The van der Waals surface area contributed by atoms with E-state index in [9.17, 15) is 4.79 Å². The lowest BCUT2D eigenvalue weighted by molar-refractivity contribution is -0.104. The molecule has 0 aromatic rings. The van der Waals surface area contributed by atoms with Gasteiger partial charge >= 0.3 is 0 Å². The topological polar surface area (TPSA) is 26.3 Å². The van der Waals surface area contributed by atoms with Crippen molar-refractivity contribution in [2.75, 3.05) is 7.11 Å². The molecule has 1 rings (SSSR count). The fraction of sp³-hybridized carbons (Fsp3) is 0.444. The van der Waals surface area contributed by atoms with Gasteiger partial charge in [0, 0.05) is 12.7 Å². The van der Waals surface area contributed by atoms with Gasteiger partial charge in [0.25, 0.3) is 0 Å². The van der Waals surface area contributed by atoms with Crippen LogP contribution >= 0.6 is 0 Å². The van der Waals surface area contributed by atoms with E-state index in [2.05, 4.69) is 0 Å². The Hall–Kier alpha value is -0.890. The van der Waals surface area contributed by atoms with Crippen LogP contribution in [0.15, 0.2) is 23.8 Å². The first-order valence-electron chi connectivity index (χ1n) is 3.71. The molecule has 0 saturated carbocycles. The number of carbonyl (C=O) groups excluding carboxylic acids is 1. The van der Waals surface area contributed by atoms with Crippen molar-refractivity contribution in [1.29, 1.82) is 0 Å². The van der Waals surface area contributed by atoms with Crippen LogP contribution in [0.25, 0.3) is 0 Å². The van der Waals surface area contributed by atoms with Crippen LogP contribution in [0.1, 0.15) is 12.8 Å². The maximum absolute atomic E-state index is 10.3. The van der Waals surface area contributed by atoms with Gasteiger partial charge in [-0.2, -0.15) is 0 Å². The lowest BCUT2D eigenvalue weighted by atomic mass is 10.2. The predicted molar refractivity (Wildman–Crippen MR) is 43.3 cm³/mol. The molecule has 1 aliphatic rings. The normalized spacial score (nSPS) is 24.1. The molecule has 0 bridgehead atoms. The van der Waals surface area contributed by atoms with Gasteiger partial charge in [0.1, 0.15) is 6.29 Å². The number of aldehydes is 1. The fourth-order valence-corrected chi connectivity index (χ4v) is 1.07. The number of ether oxygens (including phenoxy) is 1. The van der Waals surface area contributed by atoms with Crippen LogP contribution in [0, 0.1) is 0 Å². The zero-order valence-electron chi connectivity index (χ0n) is 6.62. The van der Waals surface area contributed by atoms with Gasteiger partial charge in [-0.25, -0.2) is 0 Å². The molecule has 0 radical (unpaired) electrons. The first-order valence-corrected chi connectivity index (χ1v) is 3.71. The summed E-state index contributed by atoms with van der Waals surface area (Å²) >= 11 is 0. The van der Waals surface area contributed by atoms with E-state index < -0.39 is 0 Å². The molecule has 1 aliphatic carbocycles. The molecule has 0 spiro atoms. The molecular formula is C9H12O2. The van der Waals surface area contributed by atoms with E-state index in [0.29, 0.717) is 0 Å². The Morgan fingerprint density at radius 3 is 3.09 bits per heavy atom. The Balaban J connectivity index is 2.60. The van der Waals surface area contributed by atoms with Crippen molar-refractivity contribution >= 4 is 6.29 Å². The van der Waals surface area contributed by atoms with E-state index in [-0.39, 0.29) is 6.10 Å². The third kappa shape index (κ3) is 2.31. The Morgan fingerprint density at radius 2 is 2.45 bits per heavy atom. The van der Waals surface area contributed by atoms with E-state index in [1.807, 2.05) is 18.2 Å².